The molecule has 0 aliphatic heterocycles. The number of unbranched alkanes of at least 4 members (excludes halogenated alkanes) is 1. The number of hydrogen-bond acceptors (Lipinski definition) is 5. The van der Waals surface area contributed by atoms with Gasteiger partial charge in [0.1, 0.15) is 5.76 Å². The lowest BCUT2D eigenvalue weighted by atomic mass is 10.1. The van der Waals surface area contributed by atoms with Gasteiger partial charge in [-0.3, -0.25) is 14.0 Å². The van der Waals surface area contributed by atoms with Gasteiger partial charge >= 0.3 is 0 Å². The maximum atomic E-state index is 12.9. The van der Waals surface area contributed by atoms with Crippen molar-refractivity contribution in [1.82, 2.24) is 15.3 Å². The van der Waals surface area contributed by atoms with E-state index in [1.54, 1.807) is 36.7 Å². The summed E-state index contributed by atoms with van der Waals surface area (Å²) in [5.41, 5.74) is 4.18. The highest BCUT2D eigenvalue weighted by atomic mass is 32.2. The monoisotopic (exact) mass is 487 g/mol. The number of aromatic nitrogens is 2. The van der Waals surface area contributed by atoms with Crippen molar-refractivity contribution >= 4 is 16.7 Å². The zero-order chi connectivity index (χ0) is 24.6. The minimum absolute atomic E-state index is 0.166. The van der Waals surface area contributed by atoms with Crippen LogP contribution < -0.4 is 5.32 Å². The lowest BCUT2D eigenvalue weighted by Crippen LogP contribution is -2.22. The molecule has 0 aliphatic carbocycles. The predicted molar refractivity (Wildman–Crippen MR) is 137 cm³/mol. The molecule has 0 saturated carbocycles. The van der Waals surface area contributed by atoms with E-state index in [1.165, 1.54) is 5.56 Å². The molecule has 1 amide bonds. The van der Waals surface area contributed by atoms with E-state index in [0.29, 0.717) is 35.2 Å². The topological polar surface area (TPSA) is 85.1 Å². The molecule has 0 spiro atoms. The minimum atomic E-state index is -1.21. The van der Waals surface area contributed by atoms with Crippen molar-refractivity contribution in [3.8, 4) is 11.5 Å². The van der Waals surface area contributed by atoms with Gasteiger partial charge < -0.3 is 9.73 Å². The summed E-state index contributed by atoms with van der Waals surface area (Å²) in [5.74, 6) is 1.22. The molecule has 0 radical (unpaired) electrons. The van der Waals surface area contributed by atoms with Crippen LogP contribution in [0.2, 0.25) is 0 Å². The van der Waals surface area contributed by atoms with Crippen LogP contribution in [0.25, 0.3) is 11.5 Å². The highest BCUT2D eigenvalue weighted by Crippen LogP contribution is 2.24. The molecular weight excluding hydrogens is 458 g/mol. The summed E-state index contributed by atoms with van der Waals surface area (Å²) in [4.78, 5) is 21.9. The SMILES string of the molecule is CCCCc1ccc(S(=O)Cc2nc(-c3ccc(C(=O)NCc4cccnc4)cc3)oc2C)cc1. The molecule has 1 unspecified atom stereocenters. The number of aryl methyl sites for hydroxylation is 2. The van der Waals surface area contributed by atoms with E-state index in [4.69, 9.17) is 4.42 Å². The average Bonchev–Trinajstić information content (AvgIpc) is 3.26. The number of hydrogen-bond donors (Lipinski definition) is 1. The van der Waals surface area contributed by atoms with E-state index in [9.17, 15) is 9.00 Å². The van der Waals surface area contributed by atoms with Crippen LogP contribution in [-0.4, -0.2) is 20.1 Å². The fourth-order valence-electron chi connectivity index (χ4n) is 3.63. The van der Waals surface area contributed by atoms with Crippen molar-refractivity contribution in [2.45, 2.75) is 50.3 Å². The molecule has 4 rings (SSSR count). The van der Waals surface area contributed by atoms with Gasteiger partial charge in [-0.2, -0.15) is 0 Å². The van der Waals surface area contributed by atoms with Crippen molar-refractivity contribution in [3.63, 3.8) is 0 Å². The molecule has 0 fully saturated rings. The second kappa shape index (κ2) is 11.7. The van der Waals surface area contributed by atoms with Gasteiger partial charge in [-0.15, -0.1) is 0 Å². The van der Waals surface area contributed by atoms with E-state index in [0.717, 1.165) is 35.3 Å². The van der Waals surface area contributed by atoms with Gasteiger partial charge in [0.15, 0.2) is 0 Å². The first-order valence-corrected chi connectivity index (χ1v) is 13.1. The molecule has 2 aromatic heterocycles. The average molecular weight is 488 g/mol. The molecule has 35 heavy (non-hydrogen) atoms. The van der Waals surface area contributed by atoms with Crippen LogP contribution in [-0.2, 0) is 29.5 Å². The Bertz CT molecular complexity index is 1280. The zero-order valence-corrected chi connectivity index (χ0v) is 20.8. The van der Waals surface area contributed by atoms with Gasteiger partial charge in [0.25, 0.3) is 5.91 Å². The molecule has 0 aliphatic rings. The molecule has 180 valence electrons. The van der Waals surface area contributed by atoms with Gasteiger partial charge in [0.2, 0.25) is 5.89 Å². The zero-order valence-electron chi connectivity index (χ0n) is 20.0. The van der Waals surface area contributed by atoms with Crippen LogP contribution in [0.5, 0.6) is 0 Å². The Labute approximate surface area is 208 Å². The molecule has 4 aromatic rings. The van der Waals surface area contributed by atoms with Crippen LogP contribution in [0.4, 0.5) is 0 Å². The number of pyridine rings is 1. The summed E-state index contributed by atoms with van der Waals surface area (Å²) in [7, 11) is -1.21. The Morgan fingerprint density at radius 3 is 2.49 bits per heavy atom. The first-order valence-electron chi connectivity index (χ1n) is 11.7. The normalized spacial score (nSPS) is 11.8. The molecular formula is C28H29N3O3S. The van der Waals surface area contributed by atoms with Crippen molar-refractivity contribution in [3.05, 3.63) is 101 Å². The Kier molecular flexibility index (Phi) is 8.21. The number of nitrogens with zero attached hydrogens (tertiary/aromatic N) is 2. The molecule has 6 nitrogen and oxygen atoms in total. The quantitative estimate of drug-likeness (QED) is 0.314. The Morgan fingerprint density at radius 1 is 1.03 bits per heavy atom. The lowest BCUT2D eigenvalue weighted by molar-refractivity contribution is 0.0951. The number of amides is 1. The predicted octanol–water partition coefficient (Wildman–Crippen LogP) is 5.63. The highest BCUT2D eigenvalue weighted by molar-refractivity contribution is 7.84. The molecule has 0 bridgehead atoms. The third-order valence-corrected chi connectivity index (χ3v) is 7.07. The van der Waals surface area contributed by atoms with E-state index in [2.05, 4.69) is 34.3 Å². The summed E-state index contributed by atoms with van der Waals surface area (Å²) < 4.78 is 18.8. The fourth-order valence-corrected chi connectivity index (χ4v) is 4.76. The minimum Gasteiger partial charge on any atom is -0.441 e. The van der Waals surface area contributed by atoms with Gasteiger partial charge in [0.05, 0.1) is 22.2 Å². The number of carbonyl (C=O) groups excluding carboxylic acids is 1. The molecule has 1 N–H and O–H groups in total. The van der Waals surface area contributed by atoms with Crippen molar-refractivity contribution in [2.75, 3.05) is 0 Å². The Balaban J connectivity index is 1.38. The highest BCUT2D eigenvalue weighted by Gasteiger charge is 2.16. The maximum absolute atomic E-state index is 12.9. The van der Waals surface area contributed by atoms with Gasteiger partial charge in [0, 0.05) is 35.0 Å². The summed E-state index contributed by atoms with van der Waals surface area (Å²) >= 11 is 0. The van der Waals surface area contributed by atoms with Crippen LogP contribution >= 0.6 is 0 Å². The van der Waals surface area contributed by atoms with E-state index >= 15 is 0 Å². The first-order chi connectivity index (χ1) is 17.0. The summed E-state index contributed by atoms with van der Waals surface area (Å²) in [6.45, 7) is 4.42. The molecule has 1 atom stereocenters. The number of oxazole rings is 1. The van der Waals surface area contributed by atoms with Crippen molar-refractivity contribution in [2.24, 2.45) is 0 Å². The Hall–Kier alpha value is -3.58. The number of rotatable bonds is 10. The summed E-state index contributed by atoms with van der Waals surface area (Å²) in [5, 5.41) is 2.89. The lowest BCUT2D eigenvalue weighted by Gasteiger charge is -2.05. The molecule has 2 heterocycles. The van der Waals surface area contributed by atoms with Crippen LogP contribution in [0, 0.1) is 6.92 Å². The third kappa shape index (κ3) is 6.51. The fraction of sp³-hybridized carbons (Fsp3) is 0.250. The smallest absolute Gasteiger partial charge is 0.251 e. The van der Waals surface area contributed by atoms with Gasteiger partial charge in [-0.05, 0) is 73.4 Å². The van der Waals surface area contributed by atoms with E-state index in [-0.39, 0.29) is 5.91 Å². The second-order valence-electron chi connectivity index (χ2n) is 8.38. The standard InChI is InChI=1S/C28H29N3O3S/c1-3-4-6-21-8-14-25(15-9-21)35(33)19-26-20(2)34-28(31-26)24-12-10-23(11-13-24)27(32)30-18-22-7-5-16-29-17-22/h5,7-17H,3-4,6,18-19H2,1-2H3,(H,30,32). The second-order valence-corrected chi connectivity index (χ2v) is 9.83. The van der Waals surface area contributed by atoms with Crippen molar-refractivity contribution in [1.29, 1.82) is 0 Å². The van der Waals surface area contributed by atoms with Gasteiger partial charge in [-0.1, -0.05) is 31.5 Å². The number of carbonyl (C=O) groups is 1. The third-order valence-electron chi connectivity index (χ3n) is 5.74. The largest absolute Gasteiger partial charge is 0.441 e. The first kappa shape index (κ1) is 24.5. The van der Waals surface area contributed by atoms with Crippen LogP contribution in [0.3, 0.4) is 0 Å². The summed E-state index contributed by atoms with van der Waals surface area (Å²) in [6, 6.07) is 18.8. The van der Waals surface area contributed by atoms with Crippen molar-refractivity contribution < 1.29 is 13.4 Å². The van der Waals surface area contributed by atoms with Crippen LogP contribution in [0.1, 0.15) is 52.7 Å². The maximum Gasteiger partial charge on any atom is 0.251 e. The molecule has 2 aromatic carbocycles. The van der Waals surface area contributed by atoms with E-state index < -0.39 is 10.8 Å². The molecule has 0 saturated heterocycles. The van der Waals surface area contributed by atoms with Gasteiger partial charge in [-0.25, -0.2) is 4.98 Å². The van der Waals surface area contributed by atoms with E-state index in [1.807, 2.05) is 31.2 Å². The van der Waals surface area contributed by atoms with Crippen LogP contribution in [0.15, 0.2) is 82.4 Å². The number of benzene rings is 2. The number of nitrogens with one attached hydrogen (secondary N) is 1. The summed E-state index contributed by atoms with van der Waals surface area (Å²) in [6.07, 6.45) is 6.77. The molecule has 7 heteroatoms. The Morgan fingerprint density at radius 2 is 1.80 bits per heavy atom.